The van der Waals surface area contributed by atoms with Gasteiger partial charge in [-0.2, -0.15) is 0 Å². The van der Waals surface area contributed by atoms with Gasteiger partial charge in [-0.25, -0.2) is 0 Å². The predicted molar refractivity (Wildman–Crippen MR) is 77.7 cm³/mol. The van der Waals surface area contributed by atoms with E-state index < -0.39 is 0 Å². The quantitative estimate of drug-likeness (QED) is 0.771. The van der Waals surface area contributed by atoms with Crippen LogP contribution in [0.15, 0.2) is 54.6 Å². The summed E-state index contributed by atoms with van der Waals surface area (Å²) < 4.78 is 0. The van der Waals surface area contributed by atoms with Gasteiger partial charge in [0.1, 0.15) is 0 Å². The SMILES string of the molecule is CN(C)Cc1ccc(CCc2ccccc2)cc1. The molecule has 0 aromatic heterocycles. The first kappa shape index (κ1) is 12.8. The van der Waals surface area contributed by atoms with Crippen molar-refractivity contribution in [1.82, 2.24) is 4.90 Å². The summed E-state index contributed by atoms with van der Waals surface area (Å²) in [5.74, 6) is 0. The molecule has 2 aromatic rings. The molecule has 0 fully saturated rings. The van der Waals surface area contributed by atoms with Gasteiger partial charge in [0, 0.05) is 6.54 Å². The van der Waals surface area contributed by atoms with Crippen LogP contribution in [0.2, 0.25) is 0 Å². The van der Waals surface area contributed by atoms with Crippen LogP contribution in [0.3, 0.4) is 0 Å². The minimum absolute atomic E-state index is 1.01. The third-order valence-electron chi connectivity index (χ3n) is 3.07. The fourth-order valence-electron chi connectivity index (χ4n) is 2.11. The van der Waals surface area contributed by atoms with Gasteiger partial charge in [0.05, 0.1) is 0 Å². The summed E-state index contributed by atoms with van der Waals surface area (Å²) in [5.41, 5.74) is 4.21. The predicted octanol–water partition coefficient (Wildman–Crippen LogP) is 3.53. The first-order valence-corrected chi connectivity index (χ1v) is 6.50. The molecule has 0 saturated heterocycles. The highest BCUT2D eigenvalue weighted by Gasteiger charge is 1.98. The van der Waals surface area contributed by atoms with E-state index in [-0.39, 0.29) is 0 Å². The van der Waals surface area contributed by atoms with E-state index in [4.69, 9.17) is 0 Å². The molecule has 0 unspecified atom stereocenters. The third kappa shape index (κ3) is 4.01. The molecule has 0 radical (unpaired) electrons. The maximum Gasteiger partial charge on any atom is 0.0227 e. The Morgan fingerprint density at radius 3 is 1.72 bits per heavy atom. The van der Waals surface area contributed by atoms with Gasteiger partial charge in [-0.1, -0.05) is 54.6 Å². The summed E-state index contributed by atoms with van der Waals surface area (Å²) in [6, 6.07) is 19.6. The van der Waals surface area contributed by atoms with E-state index in [2.05, 4.69) is 73.6 Å². The van der Waals surface area contributed by atoms with Gasteiger partial charge in [0.2, 0.25) is 0 Å². The van der Waals surface area contributed by atoms with Gasteiger partial charge in [0.25, 0.3) is 0 Å². The lowest BCUT2D eigenvalue weighted by molar-refractivity contribution is 0.402. The molecule has 0 heterocycles. The van der Waals surface area contributed by atoms with Gasteiger partial charge in [0.15, 0.2) is 0 Å². The Balaban J connectivity index is 1.90. The molecule has 0 aliphatic heterocycles. The van der Waals surface area contributed by atoms with E-state index in [1.165, 1.54) is 16.7 Å². The van der Waals surface area contributed by atoms with Crippen molar-refractivity contribution in [3.8, 4) is 0 Å². The summed E-state index contributed by atoms with van der Waals surface area (Å²) >= 11 is 0. The van der Waals surface area contributed by atoms with Crippen LogP contribution in [0.1, 0.15) is 16.7 Å². The summed E-state index contributed by atoms with van der Waals surface area (Å²) in [5, 5.41) is 0. The van der Waals surface area contributed by atoms with E-state index in [0.717, 1.165) is 19.4 Å². The molecule has 0 aliphatic rings. The molecule has 0 aliphatic carbocycles. The van der Waals surface area contributed by atoms with E-state index in [1.54, 1.807) is 0 Å². The lowest BCUT2D eigenvalue weighted by atomic mass is 10.0. The molecule has 18 heavy (non-hydrogen) atoms. The molecular weight excluding hydrogens is 218 g/mol. The van der Waals surface area contributed by atoms with Crippen molar-refractivity contribution in [3.63, 3.8) is 0 Å². The van der Waals surface area contributed by atoms with Crippen LogP contribution >= 0.6 is 0 Å². The molecule has 0 N–H and O–H groups in total. The van der Waals surface area contributed by atoms with Gasteiger partial charge in [-0.3, -0.25) is 0 Å². The molecule has 0 saturated carbocycles. The molecule has 1 heteroatoms. The first-order valence-electron chi connectivity index (χ1n) is 6.50. The molecular formula is C17H21N. The Morgan fingerprint density at radius 2 is 1.17 bits per heavy atom. The number of hydrogen-bond acceptors (Lipinski definition) is 1. The van der Waals surface area contributed by atoms with Crippen molar-refractivity contribution >= 4 is 0 Å². The Kier molecular flexibility index (Phi) is 4.54. The first-order chi connectivity index (χ1) is 8.74. The lowest BCUT2D eigenvalue weighted by Crippen LogP contribution is -2.10. The molecule has 2 rings (SSSR count). The van der Waals surface area contributed by atoms with E-state index in [9.17, 15) is 0 Å². The van der Waals surface area contributed by atoms with Crippen LogP contribution in [0.5, 0.6) is 0 Å². The minimum Gasteiger partial charge on any atom is -0.305 e. The average molecular weight is 239 g/mol. The smallest absolute Gasteiger partial charge is 0.0227 e. The summed E-state index contributed by atoms with van der Waals surface area (Å²) in [7, 11) is 4.20. The largest absolute Gasteiger partial charge is 0.305 e. The monoisotopic (exact) mass is 239 g/mol. The number of nitrogens with zero attached hydrogens (tertiary/aromatic N) is 1. The van der Waals surface area contributed by atoms with Crippen molar-refractivity contribution < 1.29 is 0 Å². The van der Waals surface area contributed by atoms with Crippen molar-refractivity contribution in [2.24, 2.45) is 0 Å². The Morgan fingerprint density at radius 1 is 0.667 bits per heavy atom. The maximum absolute atomic E-state index is 2.25. The highest BCUT2D eigenvalue weighted by atomic mass is 15.0. The van der Waals surface area contributed by atoms with E-state index >= 15 is 0 Å². The second kappa shape index (κ2) is 6.36. The number of rotatable bonds is 5. The molecule has 0 atom stereocenters. The van der Waals surface area contributed by atoms with Gasteiger partial charge < -0.3 is 4.90 Å². The zero-order valence-electron chi connectivity index (χ0n) is 11.3. The fraction of sp³-hybridized carbons (Fsp3) is 0.294. The molecule has 0 spiro atoms. The highest BCUT2D eigenvalue weighted by Crippen LogP contribution is 2.10. The van der Waals surface area contributed by atoms with Crippen molar-refractivity contribution in [3.05, 3.63) is 71.3 Å². The molecule has 0 bridgehead atoms. The molecule has 1 nitrogen and oxygen atoms in total. The van der Waals surface area contributed by atoms with Crippen LogP contribution < -0.4 is 0 Å². The Hall–Kier alpha value is -1.60. The van der Waals surface area contributed by atoms with E-state index in [0.29, 0.717) is 0 Å². The zero-order valence-corrected chi connectivity index (χ0v) is 11.3. The highest BCUT2D eigenvalue weighted by molar-refractivity contribution is 5.24. The van der Waals surface area contributed by atoms with Crippen molar-refractivity contribution in [2.45, 2.75) is 19.4 Å². The fourth-order valence-corrected chi connectivity index (χ4v) is 2.11. The molecule has 2 aromatic carbocycles. The van der Waals surface area contributed by atoms with Crippen LogP contribution in [-0.4, -0.2) is 19.0 Å². The Labute approximate surface area is 110 Å². The van der Waals surface area contributed by atoms with Crippen LogP contribution in [0.4, 0.5) is 0 Å². The minimum atomic E-state index is 1.01. The second-order valence-electron chi connectivity index (χ2n) is 5.04. The number of hydrogen-bond donors (Lipinski definition) is 0. The standard InChI is InChI=1S/C17H21N/c1-18(2)14-17-12-10-16(11-13-17)9-8-15-6-4-3-5-7-15/h3-7,10-13H,8-9,14H2,1-2H3. The normalized spacial score (nSPS) is 10.8. The van der Waals surface area contributed by atoms with Crippen LogP contribution in [0.25, 0.3) is 0 Å². The lowest BCUT2D eigenvalue weighted by Gasteiger charge is -2.10. The second-order valence-corrected chi connectivity index (χ2v) is 5.04. The summed E-state index contributed by atoms with van der Waals surface area (Å²) in [6.45, 7) is 1.01. The van der Waals surface area contributed by atoms with Crippen LogP contribution in [0, 0.1) is 0 Å². The van der Waals surface area contributed by atoms with Gasteiger partial charge in [-0.05, 0) is 43.6 Å². The maximum atomic E-state index is 2.25. The summed E-state index contributed by atoms with van der Waals surface area (Å²) in [6.07, 6.45) is 2.24. The number of benzene rings is 2. The van der Waals surface area contributed by atoms with Crippen molar-refractivity contribution in [1.29, 1.82) is 0 Å². The molecule has 0 amide bonds. The van der Waals surface area contributed by atoms with Crippen molar-refractivity contribution in [2.75, 3.05) is 14.1 Å². The van der Waals surface area contributed by atoms with Crippen LogP contribution in [-0.2, 0) is 19.4 Å². The number of aryl methyl sites for hydroxylation is 2. The summed E-state index contributed by atoms with van der Waals surface area (Å²) in [4.78, 5) is 2.19. The topological polar surface area (TPSA) is 3.24 Å². The molecule has 94 valence electrons. The third-order valence-corrected chi connectivity index (χ3v) is 3.07. The zero-order chi connectivity index (χ0) is 12.8. The van der Waals surface area contributed by atoms with Gasteiger partial charge >= 0.3 is 0 Å². The Bertz CT molecular complexity index is 457. The van der Waals surface area contributed by atoms with E-state index in [1.807, 2.05) is 0 Å². The average Bonchev–Trinajstić information content (AvgIpc) is 2.38. The van der Waals surface area contributed by atoms with Gasteiger partial charge in [-0.15, -0.1) is 0 Å².